The van der Waals surface area contributed by atoms with Gasteiger partial charge in [0.15, 0.2) is 17.1 Å². The number of unbranched alkanes of at least 4 members (excludes halogenated alkanes) is 3. The largest absolute Gasteiger partial charge is 0.490 e. The second kappa shape index (κ2) is 22.9. The van der Waals surface area contributed by atoms with Gasteiger partial charge in [0.25, 0.3) is 11.5 Å². The third-order valence-corrected chi connectivity index (χ3v) is 18.5. The van der Waals surface area contributed by atoms with Crippen molar-refractivity contribution < 1.29 is 33.4 Å². The molecule has 0 radical (unpaired) electrons. The smallest absolute Gasteiger partial charge is 0.343 e. The number of benzene rings is 2. The average Bonchev–Trinajstić information content (AvgIpc) is 3.51. The number of nitrogens with zero attached hydrogens (tertiary/aromatic N) is 8. The van der Waals surface area contributed by atoms with E-state index >= 15 is 4.39 Å². The van der Waals surface area contributed by atoms with Crippen molar-refractivity contribution in [2.24, 2.45) is 5.92 Å². The van der Waals surface area contributed by atoms with Crippen molar-refractivity contribution in [3.8, 4) is 23.2 Å². The van der Waals surface area contributed by atoms with Crippen LogP contribution in [0, 0.1) is 36.9 Å². The van der Waals surface area contributed by atoms with Crippen LogP contribution in [0.2, 0.25) is 5.02 Å². The maximum Gasteiger partial charge on any atom is 0.343 e. The second-order valence-electron chi connectivity index (χ2n) is 22.7. The minimum Gasteiger partial charge on any atom is -0.490 e. The fraction of sp³-hybridized carbons (Fsp3) is 0.533. The Morgan fingerprint density at radius 3 is 2.39 bits per heavy atom. The Kier molecular flexibility index (Phi) is 15.8. The standard InChI is InChI=1S/C60H70ClFN10O7/c1-4-60(77)44-29-49-56-42(32-72(49)58(75)43(44)34-78-59(60)76)54-46(16-15-41-35(2)45(62)30-48(66-56)53(41)54)65-52(73)33-70-27-25-69(26-28-70)22-8-6-5-7-9-37-20-23-71(24-21-37)51-19-17-47(67-68-51)57(74)64-39-11-13-40(14-12-39)79-50-18-10-38(31-63)55(61)36(50)3/h10,17-19,29-30,37,39-40,46,77H,4-9,11-16,20-28,32-34H2,1-3H3,(H,64,74)(H,65,73)/t39?,40?,46?,60-/m0/s1. The lowest BCUT2D eigenvalue weighted by molar-refractivity contribution is -0.172. The molecule has 3 aromatic heterocycles. The van der Waals surface area contributed by atoms with E-state index in [9.17, 15) is 29.5 Å². The average molecular weight is 1100 g/mol. The van der Waals surface area contributed by atoms with Crippen LogP contribution in [0.25, 0.3) is 22.3 Å². The van der Waals surface area contributed by atoms with Crippen LogP contribution in [0.4, 0.5) is 10.2 Å². The summed E-state index contributed by atoms with van der Waals surface area (Å²) in [5.41, 5.74) is 4.09. The molecule has 6 aliphatic rings. The predicted molar refractivity (Wildman–Crippen MR) is 296 cm³/mol. The van der Waals surface area contributed by atoms with Crippen molar-refractivity contribution in [2.75, 3.05) is 57.3 Å². The summed E-state index contributed by atoms with van der Waals surface area (Å²) < 4.78 is 28.5. The number of aliphatic hydroxyl groups is 1. The number of aromatic nitrogens is 4. The number of ether oxygens (including phenoxy) is 2. The van der Waals surface area contributed by atoms with Gasteiger partial charge in [-0.25, -0.2) is 14.2 Å². The molecule has 416 valence electrons. The number of halogens is 2. The van der Waals surface area contributed by atoms with Crippen LogP contribution in [-0.2, 0) is 39.5 Å². The minimum absolute atomic E-state index is 0.0179. The summed E-state index contributed by atoms with van der Waals surface area (Å²) in [6, 6.07) is 12.0. The number of amides is 2. The number of carbonyl (C=O) groups excluding carboxylic acids is 3. The van der Waals surface area contributed by atoms with Crippen molar-refractivity contribution in [3.05, 3.63) is 108 Å². The molecule has 2 amide bonds. The number of anilines is 1. The quantitative estimate of drug-likeness (QED) is 0.0623. The Bertz CT molecular complexity index is 3290. The van der Waals surface area contributed by atoms with Crippen LogP contribution in [0.15, 0.2) is 41.2 Å². The molecule has 2 aliphatic carbocycles. The number of hydrogen-bond acceptors (Lipinski definition) is 14. The second-order valence-corrected chi connectivity index (χ2v) is 23.1. The third-order valence-electron chi connectivity index (χ3n) is 18.0. The topological polar surface area (TPSA) is 208 Å². The van der Waals surface area contributed by atoms with Crippen molar-refractivity contribution in [1.29, 1.82) is 5.26 Å². The van der Waals surface area contributed by atoms with Gasteiger partial charge in [-0.1, -0.05) is 44.2 Å². The zero-order valence-electron chi connectivity index (χ0n) is 45.5. The van der Waals surface area contributed by atoms with Gasteiger partial charge in [0.2, 0.25) is 5.91 Å². The normalized spacial score (nSPS) is 22.2. The highest BCUT2D eigenvalue weighted by atomic mass is 35.5. The molecule has 2 aromatic carbocycles. The molecule has 17 nitrogen and oxygen atoms in total. The monoisotopic (exact) mass is 1100 g/mol. The first-order valence-corrected chi connectivity index (χ1v) is 28.9. The number of esters is 1. The van der Waals surface area contributed by atoms with E-state index in [1.54, 1.807) is 42.7 Å². The van der Waals surface area contributed by atoms with Crippen molar-refractivity contribution in [2.45, 2.75) is 148 Å². The summed E-state index contributed by atoms with van der Waals surface area (Å²) in [5.74, 6) is 0.755. The molecular formula is C60H70ClFN10O7. The summed E-state index contributed by atoms with van der Waals surface area (Å²) in [6.45, 7) is 11.9. The van der Waals surface area contributed by atoms with E-state index in [2.05, 4.69) is 41.6 Å². The van der Waals surface area contributed by atoms with Crippen molar-refractivity contribution in [3.63, 3.8) is 0 Å². The van der Waals surface area contributed by atoms with Crippen LogP contribution in [-0.4, -0.2) is 117 Å². The zero-order valence-corrected chi connectivity index (χ0v) is 46.2. The van der Waals surface area contributed by atoms with Crippen LogP contribution in [0.3, 0.4) is 0 Å². The first-order valence-electron chi connectivity index (χ1n) is 28.5. The maximum atomic E-state index is 15.4. The third kappa shape index (κ3) is 10.8. The van der Waals surface area contributed by atoms with Gasteiger partial charge >= 0.3 is 5.97 Å². The zero-order chi connectivity index (χ0) is 55.1. The van der Waals surface area contributed by atoms with E-state index in [-0.39, 0.29) is 78.6 Å². The fourth-order valence-electron chi connectivity index (χ4n) is 13.1. The van der Waals surface area contributed by atoms with E-state index in [1.165, 1.54) is 31.7 Å². The predicted octanol–water partition coefficient (Wildman–Crippen LogP) is 7.86. The molecule has 11 rings (SSSR count). The van der Waals surface area contributed by atoms with Gasteiger partial charge < -0.3 is 39.6 Å². The molecule has 19 heteroatoms. The number of nitrogens with one attached hydrogen (secondary N) is 2. The minimum atomic E-state index is -1.97. The van der Waals surface area contributed by atoms with E-state index in [1.807, 2.05) is 13.0 Å². The van der Waals surface area contributed by atoms with E-state index in [0.29, 0.717) is 63.3 Å². The van der Waals surface area contributed by atoms with Crippen LogP contribution in [0.1, 0.15) is 151 Å². The lowest BCUT2D eigenvalue weighted by Gasteiger charge is -2.35. The fourth-order valence-corrected chi connectivity index (χ4v) is 13.3. The lowest BCUT2D eigenvalue weighted by atomic mass is 9.81. The lowest BCUT2D eigenvalue weighted by Crippen LogP contribution is -2.50. The molecule has 2 saturated heterocycles. The number of fused-ring (bicyclic) bond motifs is 5. The highest BCUT2D eigenvalue weighted by molar-refractivity contribution is 6.32. The van der Waals surface area contributed by atoms with Gasteiger partial charge in [0, 0.05) is 73.5 Å². The number of rotatable bonds is 16. The number of aryl methyl sites for hydroxylation is 1. The molecule has 0 spiro atoms. The maximum absolute atomic E-state index is 15.4. The van der Waals surface area contributed by atoms with Crippen LogP contribution < -0.4 is 25.8 Å². The summed E-state index contributed by atoms with van der Waals surface area (Å²) in [5, 5.41) is 37.2. The Labute approximate surface area is 464 Å². The number of piperidine rings is 1. The molecule has 3 fully saturated rings. The number of pyridine rings is 2. The van der Waals surface area contributed by atoms with Gasteiger partial charge in [-0.15, -0.1) is 10.2 Å². The summed E-state index contributed by atoms with van der Waals surface area (Å²) in [6.07, 6.45) is 12.6. The molecule has 3 N–H and O–H groups in total. The number of carbonyl (C=O) groups is 3. The first-order chi connectivity index (χ1) is 38.2. The van der Waals surface area contributed by atoms with Gasteiger partial charge in [0.05, 0.1) is 58.3 Å². The van der Waals surface area contributed by atoms with Gasteiger partial charge in [0.1, 0.15) is 24.2 Å². The number of nitriles is 1. The molecular weight excluding hydrogens is 1030 g/mol. The molecule has 1 saturated carbocycles. The molecule has 7 heterocycles. The summed E-state index contributed by atoms with van der Waals surface area (Å²) in [4.78, 5) is 65.8. The number of cyclic esters (lactones) is 1. The number of piperazine rings is 1. The van der Waals surface area contributed by atoms with E-state index in [0.717, 1.165) is 124 Å². The van der Waals surface area contributed by atoms with Crippen molar-refractivity contribution in [1.82, 2.24) is 40.2 Å². The van der Waals surface area contributed by atoms with Crippen molar-refractivity contribution >= 4 is 46.1 Å². The molecule has 79 heavy (non-hydrogen) atoms. The van der Waals surface area contributed by atoms with Crippen LogP contribution >= 0.6 is 11.6 Å². The summed E-state index contributed by atoms with van der Waals surface area (Å²) in [7, 11) is 0. The van der Waals surface area contributed by atoms with E-state index < -0.39 is 11.6 Å². The van der Waals surface area contributed by atoms with Gasteiger partial charge in [-0.05, 0) is 138 Å². The molecule has 5 aromatic rings. The molecule has 4 aliphatic heterocycles. The highest BCUT2D eigenvalue weighted by Crippen LogP contribution is 2.46. The molecule has 0 bridgehead atoms. The van der Waals surface area contributed by atoms with E-state index in [4.69, 9.17) is 26.1 Å². The number of hydrogen-bond donors (Lipinski definition) is 3. The Morgan fingerprint density at radius 1 is 0.899 bits per heavy atom. The molecule has 1 unspecified atom stereocenters. The highest BCUT2D eigenvalue weighted by Gasteiger charge is 2.46. The Balaban J connectivity index is 0.587. The SMILES string of the molecule is CC[C@@]1(O)C(=O)OCc2c1cc1n(c2=O)Cc2c-1nc1cc(F)c(C)c3c1c2C(NC(=O)CN1CCN(CCCCCCC2CCN(c4ccc(C(=O)NC5CCC(Oc6ccc(C#N)c(Cl)c6C)CC5)nn4)CC2)CC1)CC3. The van der Waals surface area contributed by atoms with Crippen LogP contribution in [0.5, 0.6) is 5.75 Å². The van der Waals surface area contributed by atoms with Gasteiger partial charge in [-0.2, -0.15) is 5.26 Å². The Morgan fingerprint density at radius 2 is 1.66 bits per heavy atom. The Hall–Kier alpha value is -6.52. The van der Waals surface area contributed by atoms with Gasteiger partial charge in [-0.3, -0.25) is 19.3 Å². The first kappa shape index (κ1) is 54.4. The summed E-state index contributed by atoms with van der Waals surface area (Å²) >= 11 is 6.34. The molecule has 2 atom stereocenters.